The van der Waals surface area contributed by atoms with Crippen LogP contribution in [0.25, 0.3) is 21.6 Å². The Balaban J connectivity index is 1.80. The van der Waals surface area contributed by atoms with E-state index < -0.39 is 0 Å². The van der Waals surface area contributed by atoms with Gasteiger partial charge in [-0.15, -0.1) is 10.2 Å². The number of pyridine rings is 1. The zero-order chi connectivity index (χ0) is 15.8. The first-order valence-electron chi connectivity index (χ1n) is 8.14. The Bertz CT molecular complexity index is 815. The number of nitrogens with zero attached hydrogens (tertiary/aromatic N) is 4. The number of aromatic nitrogens is 5. The van der Waals surface area contributed by atoms with Gasteiger partial charge in [0.15, 0.2) is 10.7 Å². The van der Waals surface area contributed by atoms with Gasteiger partial charge in [0.1, 0.15) is 5.01 Å². The van der Waals surface area contributed by atoms with Gasteiger partial charge in [-0.1, -0.05) is 38.0 Å². The van der Waals surface area contributed by atoms with Gasteiger partial charge in [-0.05, 0) is 12.8 Å². The van der Waals surface area contributed by atoms with Crippen molar-refractivity contribution in [3.8, 4) is 10.6 Å². The molecule has 0 atom stereocenters. The molecule has 3 aromatic rings. The number of fused-ring (bicyclic) bond motifs is 1. The topological polar surface area (TPSA) is 79.4 Å². The van der Waals surface area contributed by atoms with Crippen LogP contribution in [0.4, 0.5) is 5.69 Å². The molecule has 4 rings (SSSR count). The van der Waals surface area contributed by atoms with E-state index in [0.717, 1.165) is 32.3 Å². The molecular formula is C16H20N6S. The van der Waals surface area contributed by atoms with Crippen LogP contribution in [0.2, 0.25) is 0 Å². The average molecular weight is 328 g/mol. The summed E-state index contributed by atoms with van der Waals surface area (Å²) in [4.78, 5) is 4.49. The Morgan fingerprint density at radius 2 is 2.04 bits per heavy atom. The second-order valence-corrected chi connectivity index (χ2v) is 7.41. The molecule has 0 aromatic carbocycles. The van der Waals surface area contributed by atoms with Gasteiger partial charge in [-0.3, -0.25) is 5.10 Å². The lowest BCUT2D eigenvalue weighted by molar-refractivity contribution is 0.757. The number of H-pyrrole nitrogens is 1. The molecule has 3 heterocycles. The molecule has 1 saturated carbocycles. The van der Waals surface area contributed by atoms with Crippen LogP contribution in [0.5, 0.6) is 0 Å². The molecule has 0 aliphatic heterocycles. The van der Waals surface area contributed by atoms with E-state index >= 15 is 0 Å². The molecule has 0 saturated heterocycles. The monoisotopic (exact) mass is 328 g/mol. The van der Waals surface area contributed by atoms with E-state index in [2.05, 4.69) is 44.5 Å². The molecule has 1 fully saturated rings. The maximum Gasteiger partial charge on any atom is 0.157 e. The Labute approximate surface area is 138 Å². The summed E-state index contributed by atoms with van der Waals surface area (Å²) in [5.74, 6) is 0.387. The van der Waals surface area contributed by atoms with E-state index in [1.807, 2.05) is 12.4 Å². The van der Waals surface area contributed by atoms with Crippen molar-refractivity contribution in [1.29, 1.82) is 0 Å². The van der Waals surface area contributed by atoms with Crippen LogP contribution in [0.15, 0.2) is 12.4 Å². The lowest BCUT2D eigenvalue weighted by Gasteiger charge is -2.16. The highest BCUT2D eigenvalue weighted by Crippen LogP contribution is 2.37. The van der Waals surface area contributed by atoms with E-state index in [1.54, 1.807) is 11.3 Å². The van der Waals surface area contributed by atoms with Gasteiger partial charge < -0.3 is 5.32 Å². The van der Waals surface area contributed by atoms with E-state index in [4.69, 9.17) is 0 Å². The van der Waals surface area contributed by atoms with Crippen LogP contribution in [0, 0.1) is 0 Å². The van der Waals surface area contributed by atoms with Crippen molar-refractivity contribution in [3.05, 3.63) is 17.4 Å². The fourth-order valence-electron chi connectivity index (χ4n) is 3.07. The molecule has 1 aliphatic carbocycles. The molecule has 0 amide bonds. The highest BCUT2D eigenvalue weighted by atomic mass is 32.1. The number of hydrogen-bond acceptors (Lipinski definition) is 6. The standard InChI is InChI=1S/C16H20N6S/c1-9(2)15-21-22-16(23-15)12-7-17-14-11(8-18-20-14)13(12)19-10-5-3-4-6-10/h7-10H,3-6H2,1-2H3,(H2,17,18,19,20). The zero-order valence-corrected chi connectivity index (χ0v) is 14.2. The molecule has 0 bridgehead atoms. The highest BCUT2D eigenvalue weighted by Gasteiger charge is 2.21. The largest absolute Gasteiger partial charge is 0.381 e. The Morgan fingerprint density at radius 1 is 1.22 bits per heavy atom. The molecule has 7 heteroatoms. The molecule has 2 N–H and O–H groups in total. The van der Waals surface area contributed by atoms with Crippen molar-refractivity contribution in [2.24, 2.45) is 0 Å². The maximum absolute atomic E-state index is 4.49. The molecule has 1 aliphatic rings. The molecule has 23 heavy (non-hydrogen) atoms. The fraction of sp³-hybridized carbons (Fsp3) is 0.500. The Kier molecular flexibility index (Phi) is 3.72. The number of anilines is 1. The van der Waals surface area contributed by atoms with Crippen LogP contribution >= 0.6 is 11.3 Å². The molecule has 0 radical (unpaired) electrons. The third-order valence-corrected chi connectivity index (χ3v) is 5.61. The predicted octanol–water partition coefficient (Wildman–Crippen LogP) is 3.95. The first kappa shape index (κ1) is 14.6. The Morgan fingerprint density at radius 3 is 2.78 bits per heavy atom. The van der Waals surface area contributed by atoms with Gasteiger partial charge in [-0.25, -0.2) is 4.98 Å². The highest BCUT2D eigenvalue weighted by molar-refractivity contribution is 7.14. The minimum absolute atomic E-state index is 0.387. The van der Waals surface area contributed by atoms with Crippen LogP contribution in [-0.2, 0) is 0 Å². The summed E-state index contributed by atoms with van der Waals surface area (Å²) in [5, 5.41) is 22.5. The van der Waals surface area contributed by atoms with Gasteiger partial charge in [0.05, 0.1) is 22.8 Å². The minimum Gasteiger partial charge on any atom is -0.381 e. The van der Waals surface area contributed by atoms with E-state index in [-0.39, 0.29) is 0 Å². The van der Waals surface area contributed by atoms with Crippen molar-refractivity contribution < 1.29 is 0 Å². The smallest absolute Gasteiger partial charge is 0.157 e. The Hall–Kier alpha value is -2.02. The summed E-state index contributed by atoms with van der Waals surface area (Å²) in [6.07, 6.45) is 8.74. The van der Waals surface area contributed by atoms with Crippen molar-refractivity contribution in [1.82, 2.24) is 25.4 Å². The summed E-state index contributed by atoms with van der Waals surface area (Å²) in [7, 11) is 0. The summed E-state index contributed by atoms with van der Waals surface area (Å²) in [6, 6.07) is 0.520. The normalized spacial score (nSPS) is 15.8. The van der Waals surface area contributed by atoms with Gasteiger partial charge in [0.25, 0.3) is 0 Å². The third-order valence-electron chi connectivity index (χ3n) is 4.35. The average Bonchev–Trinajstić information content (AvgIpc) is 3.29. The minimum atomic E-state index is 0.387. The van der Waals surface area contributed by atoms with E-state index in [9.17, 15) is 0 Å². The lowest BCUT2D eigenvalue weighted by Crippen LogP contribution is -2.15. The molecule has 3 aromatic heterocycles. The predicted molar refractivity (Wildman–Crippen MR) is 92.8 cm³/mol. The second-order valence-electron chi connectivity index (χ2n) is 6.41. The SMILES string of the molecule is CC(C)c1nnc(-c2cnc3[nH]ncc3c2NC2CCCC2)s1. The third kappa shape index (κ3) is 2.69. The number of hydrogen-bond donors (Lipinski definition) is 2. The number of rotatable bonds is 4. The number of nitrogens with one attached hydrogen (secondary N) is 2. The fourth-order valence-corrected chi connectivity index (χ4v) is 3.93. The maximum atomic E-state index is 4.49. The lowest BCUT2D eigenvalue weighted by atomic mass is 10.1. The summed E-state index contributed by atoms with van der Waals surface area (Å²) >= 11 is 1.64. The summed E-state index contributed by atoms with van der Waals surface area (Å²) in [6.45, 7) is 4.28. The molecular weight excluding hydrogens is 308 g/mol. The van der Waals surface area contributed by atoms with Crippen LogP contribution in [-0.4, -0.2) is 31.4 Å². The quantitative estimate of drug-likeness (QED) is 0.758. The van der Waals surface area contributed by atoms with E-state index in [1.165, 1.54) is 25.7 Å². The van der Waals surface area contributed by atoms with Crippen LogP contribution < -0.4 is 5.32 Å². The second kappa shape index (κ2) is 5.88. The first-order chi connectivity index (χ1) is 11.2. The van der Waals surface area contributed by atoms with E-state index in [0.29, 0.717) is 12.0 Å². The van der Waals surface area contributed by atoms with Crippen LogP contribution in [0.3, 0.4) is 0 Å². The summed E-state index contributed by atoms with van der Waals surface area (Å²) in [5.41, 5.74) is 2.92. The van der Waals surface area contributed by atoms with Gasteiger partial charge in [0.2, 0.25) is 0 Å². The van der Waals surface area contributed by atoms with Crippen molar-refractivity contribution >= 4 is 28.1 Å². The van der Waals surface area contributed by atoms with Gasteiger partial charge in [0, 0.05) is 18.2 Å². The number of aromatic amines is 1. The molecule has 120 valence electrons. The van der Waals surface area contributed by atoms with Gasteiger partial charge >= 0.3 is 0 Å². The van der Waals surface area contributed by atoms with Crippen molar-refractivity contribution in [3.63, 3.8) is 0 Å². The van der Waals surface area contributed by atoms with Crippen molar-refractivity contribution in [2.75, 3.05) is 5.32 Å². The molecule has 0 unspecified atom stereocenters. The van der Waals surface area contributed by atoms with Crippen LogP contribution in [0.1, 0.15) is 50.5 Å². The molecule has 6 nitrogen and oxygen atoms in total. The van der Waals surface area contributed by atoms with Crippen molar-refractivity contribution in [2.45, 2.75) is 51.5 Å². The zero-order valence-electron chi connectivity index (χ0n) is 13.3. The molecule has 0 spiro atoms. The van der Waals surface area contributed by atoms with Gasteiger partial charge in [-0.2, -0.15) is 5.10 Å². The summed E-state index contributed by atoms with van der Waals surface area (Å²) < 4.78 is 0. The first-order valence-corrected chi connectivity index (χ1v) is 8.96.